The van der Waals surface area contributed by atoms with Crippen molar-refractivity contribution >= 4 is 17.8 Å². The number of amides is 2. The molecule has 1 atom stereocenters. The summed E-state index contributed by atoms with van der Waals surface area (Å²) < 4.78 is 0. The van der Waals surface area contributed by atoms with Crippen LogP contribution >= 0.6 is 0 Å². The Bertz CT molecular complexity index is 1440. The predicted octanol–water partition coefficient (Wildman–Crippen LogP) is 5.27. The molecule has 1 fully saturated rings. The lowest BCUT2D eigenvalue weighted by Gasteiger charge is -2.48. The second-order valence-electron chi connectivity index (χ2n) is 11.3. The Hall–Kier alpha value is -4.91. The molecule has 0 saturated carbocycles. The molecule has 5 rings (SSSR count). The van der Waals surface area contributed by atoms with Crippen molar-refractivity contribution in [3.63, 3.8) is 0 Å². The van der Waals surface area contributed by atoms with Crippen molar-refractivity contribution in [1.82, 2.24) is 14.7 Å². The van der Waals surface area contributed by atoms with Gasteiger partial charge in [-0.15, -0.1) is 0 Å². The van der Waals surface area contributed by atoms with Gasteiger partial charge in [0.25, 0.3) is 5.91 Å². The zero-order chi connectivity index (χ0) is 30.6. The third-order valence-corrected chi connectivity index (χ3v) is 8.29. The number of allylic oxidation sites excluding steroid dienone is 4. The number of carbonyl (C=O) groups excluding carboxylic acids is 2. The first-order chi connectivity index (χ1) is 20.8. The number of likely N-dealkylation sites (tertiary alicyclic amines) is 1. The highest BCUT2D eigenvalue weighted by atomic mass is 16.4. The van der Waals surface area contributed by atoms with Crippen molar-refractivity contribution in [2.45, 2.75) is 25.4 Å². The highest BCUT2D eigenvalue weighted by Crippen LogP contribution is 2.45. The van der Waals surface area contributed by atoms with E-state index in [4.69, 9.17) is 0 Å². The number of carboxylic acids is 1. The van der Waals surface area contributed by atoms with Crippen LogP contribution < -0.4 is 0 Å². The van der Waals surface area contributed by atoms with Crippen molar-refractivity contribution in [1.29, 1.82) is 0 Å². The van der Waals surface area contributed by atoms with Crippen LogP contribution in [0.3, 0.4) is 0 Å². The van der Waals surface area contributed by atoms with E-state index in [0.29, 0.717) is 5.70 Å². The minimum atomic E-state index is -1.03. The minimum absolute atomic E-state index is 0.200. The van der Waals surface area contributed by atoms with Crippen LogP contribution in [0.15, 0.2) is 127 Å². The van der Waals surface area contributed by atoms with Gasteiger partial charge in [0.2, 0.25) is 5.91 Å². The summed E-state index contributed by atoms with van der Waals surface area (Å²) in [4.78, 5) is 44.4. The average Bonchev–Trinajstić information content (AvgIpc) is 3.25. The smallest absolute Gasteiger partial charge is 0.326 e. The standard InChI is InChI=1S/C36H37N3O4/c1-26(2)32(35(42)43)37(3)33(40)27-24-38(25-27)34(41)31-22-14-7-15-23-39(31)36(28-16-8-4-9-17-28,29-18-10-5-11-19-29)30-20-12-6-13-21-30/h4-23,26-27,32H,24-25H2,1-3H3,(H,42,43)/t32-/m0/s1. The number of carbonyl (C=O) groups is 3. The fraction of sp³-hybridized carbons (Fsp3) is 0.250. The largest absolute Gasteiger partial charge is 0.480 e. The van der Waals surface area contributed by atoms with Gasteiger partial charge in [-0.2, -0.15) is 0 Å². The number of likely N-dealkylation sites (N-methyl/N-ethyl adjacent to an activating group) is 1. The lowest BCUT2D eigenvalue weighted by Crippen LogP contribution is -2.60. The number of carboxylic acid groups (broad SMARTS) is 1. The molecule has 3 aromatic carbocycles. The molecule has 2 aliphatic heterocycles. The Balaban J connectivity index is 1.53. The lowest BCUT2D eigenvalue weighted by molar-refractivity contribution is -0.157. The van der Waals surface area contributed by atoms with Crippen LogP contribution in [-0.4, -0.2) is 63.8 Å². The molecule has 7 heteroatoms. The van der Waals surface area contributed by atoms with E-state index in [1.165, 1.54) is 11.9 Å². The molecule has 0 spiro atoms. The molecule has 0 aliphatic carbocycles. The maximum atomic E-state index is 14.3. The van der Waals surface area contributed by atoms with Gasteiger partial charge in [-0.05, 0) is 34.8 Å². The van der Waals surface area contributed by atoms with Gasteiger partial charge in [0, 0.05) is 26.3 Å². The average molecular weight is 576 g/mol. The van der Waals surface area contributed by atoms with Crippen molar-refractivity contribution < 1.29 is 19.5 Å². The Kier molecular flexibility index (Phi) is 8.62. The van der Waals surface area contributed by atoms with Crippen LogP contribution in [0, 0.1) is 11.8 Å². The quantitative estimate of drug-likeness (QED) is 0.352. The number of rotatable bonds is 9. The number of benzene rings is 3. The molecule has 3 aromatic rings. The fourth-order valence-electron chi connectivity index (χ4n) is 6.22. The van der Waals surface area contributed by atoms with E-state index in [9.17, 15) is 19.5 Å². The van der Waals surface area contributed by atoms with Gasteiger partial charge in [0.05, 0.1) is 5.92 Å². The van der Waals surface area contributed by atoms with Crippen molar-refractivity contribution in [2.75, 3.05) is 20.1 Å². The summed E-state index contributed by atoms with van der Waals surface area (Å²) in [6, 6.07) is 29.5. The highest BCUT2D eigenvalue weighted by Gasteiger charge is 2.47. The van der Waals surface area contributed by atoms with Crippen LogP contribution in [0.25, 0.3) is 0 Å². The third kappa shape index (κ3) is 5.50. The molecule has 0 unspecified atom stereocenters. The van der Waals surface area contributed by atoms with Gasteiger partial charge in [-0.1, -0.05) is 117 Å². The lowest BCUT2D eigenvalue weighted by atomic mass is 9.75. The molecule has 1 N–H and O–H groups in total. The van der Waals surface area contributed by atoms with Crippen molar-refractivity contribution in [3.8, 4) is 0 Å². The van der Waals surface area contributed by atoms with E-state index in [-0.39, 0.29) is 30.8 Å². The molecule has 7 nitrogen and oxygen atoms in total. The van der Waals surface area contributed by atoms with E-state index < -0.39 is 23.5 Å². The molecule has 2 amide bonds. The van der Waals surface area contributed by atoms with Crippen molar-refractivity contribution in [3.05, 3.63) is 144 Å². The third-order valence-electron chi connectivity index (χ3n) is 8.29. The van der Waals surface area contributed by atoms with E-state index in [1.807, 2.05) is 90.0 Å². The first-order valence-electron chi connectivity index (χ1n) is 14.6. The Morgan fingerprint density at radius 3 is 1.72 bits per heavy atom. The zero-order valence-corrected chi connectivity index (χ0v) is 24.7. The van der Waals surface area contributed by atoms with E-state index >= 15 is 0 Å². The van der Waals surface area contributed by atoms with E-state index in [0.717, 1.165) is 16.7 Å². The van der Waals surface area contributed by atoms with Gasteiger partial charge in [0.1, 0.15) is 17.3 Å². The van der Waals surface area contributed by atoms with Gasteiger partial charge >= 0.3 is 5.97 Å². The second kappa shape index (κ2) is 12.5. The topological polar surface area (TPSA) is 81.2 Å². The van der Waals surface area contributed by atoms with Crippen LogP contribution in [0.5, 0.6) is 0 Å². The molecule has 2 heterocycles. The highest BCUT2D eigenvalue weighted by molar-refractivity contribution is 5.96. The van der Waals surface area contributed by atoms with E-state index in [2.05, 4.69) is 36.4 Å². The van der Waals surface area contributed by atoms with Gasteiger partial charge in [-0.3, -0.25) is 9.59 Å². The Morgan fingerprint density at radius 1 is 0.791 bits per heavy atom. The maximum absolute atomic E-state index is 14.3. The second-order valence-corrected chi connectivity index (χ2v) is 11.3. The molecule has 0 radical (unpaired) electrons. The molecule has 220 valence electrons. The molecule has 0 aromatic heterocycles. The monoisotopic (exact) mass is 575 g/mol. The summed E-state index contributed by atoms with van der Waals surface area (Å²) in [6.45, 7) is 4.01. The zero-order valence-electron chi connectivity index (χ0n) is 24.7. The van der Waals surface area contributed by atoms with Gasteiger partial charge in [-0.25, -0.2) is 4.79 Å². The fourth-order valence-corrected chi connectivity index (χ4v) is 6.22. The molecule has 0 bridgehead atoms. The summed E-state index contributed by atoms with van der Waals surface area (Å²) in [5, 5.41) is 9.68. The molecular formula is C36H37N3O4. The first kappa shape index (κ1) is 29.6. The van der Waals surface area contributed by atoms with E-state index in [1.54, 1.807) is 18.7 Å². The number of aliphatic carboxylic acids is 1. The van der Waals surface area contributed by atoms with Crippen LogP contribution in [0.4, 0.5) is 0 Å². The van der Waals surface area contributed by atoms with Crippen LogP contribution in [-0.2, 0) is 19.9 Å². The summed E-state index contributed by atoms with van der Waals surface area (Å²) in [5.74, 6) is -2.19. The Labute approximate surface area is 253 Å². The van der Waals surface area contributed by atoms with Crippen LogP contribution in [0.2, 0.25) is 0 Å². The predicted molar refractivity (Wildman–Crippen MR) is 167 cm³/mol. The normalized spacial score (nSPS) is 15.9. The molecular weight excluding hydrogens is 538 g/mol. The molecule has 1 saturated heterocycles. The first-order valence-corrected chi connectivity index (χ1v) is 14.6. The summed E-state index contributed by atoms with van der Waals surface area (Å²) in [7, 11) is 1.53. The summed E-state index contributed by atoms with van der Waals surface area (Å²) in [6.07, 6.45) is 9.44. The SMILES string of the molecule is CC(C)[C@@H](C(=O)O)N(C)C(=O)C1CN(C(=O)C2=CC=CC=CN2C(c2ccccc2)(c2ccccc2)c2ccccc2)C1. The minimum Gasteiger partial charge on any atom is -0.480 e. The maximum Gasteiger partial charge on any atom is 0.326 e. The number of hydrogen-bond donors (Lipinski definition) is 1. The van der Waals surface area contributed by atoms with Gasteiger partial charge < -0.3 is 19.8 Å². The number of nitrogens with zero attached hydrogens (tertiary/aromatic N) is 3. The van der Waals surface area contributed by atoms with Crippen LogP contribution in [0.1, 0.15) is 30.5 Å². The number of hydrogen-bond acceptors (Lipinski definition) is 4. The summed E-state index contributed by atoms with van der Waals surface area (Å²) in [5.41, 5.74) is 2.55. The van der Waals surface area contributed by atoms with Gasteiger partial charge in [0.15, 0.2) is 0 Å². The summed E-state index contributed by atoms with van der Waals surface area (Å²) >= 11 is 0. The Morgan fingerprint density at radius 2 is 1.28 bits per heavy atom. The molecule has 43 heavy (non-hydrogen) atoms. The molecule has 2 aliphatic rings. The van der Waals surface area contributed by atoms with Crippen molar-refractivity contribution in [2.24, 2.45) is 11.8 Å².